The number of nitrogens with zero attached hydrogens (tertiary/aromatic N) is 2. The molecule has 0 aliphatic carbocycles. The molecular formula is C17H24N4O. The van der Waals surface area contributed by atoms with Crippen LogP contribution in [0.2, 0.25) is 0 Å². The molecule has 22 heavy (non-hydrogen) atoms. The van der Waals surface area contributed by atoms with Crippen LogP contribution < -0.4 is 10.6 Å². The topological polar surface area (TPSA) is 59.0 Å². The first kappa shape index (κ1) is 16.1. The van der Waals surface area contributed by atoms with Crippen molar-refractivity contribution in [3.63, 3.8) is 0 Å². The predicted octanol–water partition coefficient (Wildman–Crippen LogP) is 3.21. The number of aryl methyl sites for hydroxylation is 2. The van der Waals surface area contributed by atoms with Crippen LogP contribution in [0.25, 0.3) is 0 Å². The summed E-state index contributed by atoms with van der Waals surface area (Å²) in [4.78, 5) is 12.1. The minimum Gasteiger partial charge on any atom is -0.376 e. The lowest BCUT2D eigenvalue weighted by Gasteiger charge is -2.10. The minimum absolute atomic E-state index is 0.0767. The van der Waals surface area contributed by atoms with Crippen molar-refractivity contribution in [3.05, 3.63) is 41.2 Å². The van der Waals surface area contributed by atoms with Crippen molar-refractivity contribution in [3.8, 4) is 0 Å². The van der Waals surface area contributed by atoms with Gasteiger partial charge in [-0.2, -0.15) is 5.10 Å². The summed E-state index contributed by atoms with van der Waals surface area (Å²) in [5.74, 6) is 0.431. The Bertz CT molecular complexity index is 656. The third-order valence-corrected chi connectivity index (χ3v) is 3.80. The van der Waals surface area contributed by atoms with Crippen molar-refractivity contribution in [2.75, 3.05) is 17.2 Å². The van der Waals surface area contributed by atoms with Crippen LogP contribution in [-0.2, 0) is 11.8 Å². The first-order valence-electron chi connectivity index (χ1n) is 7.52. The molecule has 2 rings (SSSR count). The number of amides is 1. The Labute approximate surface area is 131 Å². The highest BCUT2D eigenvalue weighted by Crippen LogP contribution is 2.19. The molecule has 1 aromatic carbocycles. The second-order valence-electron chi connectivity index (χ2n) is 5.85. The second kappa shape index (κ2) is 6.64. The third-order valence-electron chi connectivity index (χ3n) is 3.80. The molecule has 0 aliphatic rings. The first-order chi connectivity index (χ1) is 10.4. The van der Waals surface area contributed by atoms with E-state index in [1.54, 1.807) is 4.68 Å². The maximum atomic E-state index is 12.1. The van der Waals surface area contributed by atoms with Crippen LogP contribution in [0.15, 0.2) is 24.3 Å². The zero-order valence-corrected chi connectivity index (χ0v) is 13.9. The largest absolute Gasteiger partial charge is 0.376 e. The fourth-order valence-corrected chi connectivity index (χ4v) is 2.31. The summed E-state index contributed by atoms with van der Waals surface area (Å²) in [6, 6.07) is 8.17. The number of aromatic nitrogens is 2. The van der Waals surface area contributed by atoms with E-state index in [4.69, 9.17) is 0 Å². The molecule has 0 fully saturated rings. The number of benzene rings is 1. The summed E-state index contributed by atoms with van der Waals surface area (Å²) in [5, 5.41) is 10.3. The van der Waals surface area contributed by atoms with Gasteiger partial charge in [0.25, 0.3) is 0 Å². The summed E-state index contributed by atoms with van der Waals surface area (Å²) < 4.78 is 1.77. The Morgan fingerprint density at radius 3 is 2.36 bits per heavy atom. The first-order valence-corrected chi connectivity index (χ1v) is 7.52. The molecule has 1 amide bonds. The van der Waals surface area contributed by atoms with Gasteiger partial charge in [-0.25, -0.2) is 0 Å². The lowest BCUT2D eigenvalue weighted by molar-refractivity contribution is -0.114. The highest BCUT2D eigenvalue weighted by atomic mass is 16.1. The van der Waals surface area contributed by atoms with Gasteiger partial charge in [-0.3, -0.25) is 9.48 Å². The van der Waals surface area contributed by atoms with Gasteiger partial charge in [0.15, 0.2) is 0 Å². The lowest BCUT2D eigenvalue weighted by Crippen LogP contribution is -2.22. The van der Waals surface area contributed by atoms with Gasteiger partial charge in [-0.05, 0) is 37.5 Å². The lowest BCUT2D eigenvalue weighted by atomic mass is 10.0. The summed E-state index contributed by atoms with van der Waals surface area (Å²) in [5.41, 5.74) is 4.81. The molecule has 0 saturated heterocycles. The Morgan fingerprint density at radius 2 is 1.86 bits per heavy atom. The number of anilines is 2. The Kier molecular flexibility index (Phi) is 4.85. The Morgan fingerprint density at radius 1 is 1.23 bits per heavy atom. The quantitative estimate of drug-likeness (QED) is 0.891. The van der Waals surface area contributed by atoms with Crippen molar-refractivity contribution in [2.24, 2.45) is 7.05 Å². The average Bonchev–Trinajstić information content (AvgIpc) is 2.72. The monoisotopic (exact) mass is 300 g/mol. The number of nitrogens with one attached hydrogen (secondary N) is 2. The molecule has 0 aliphatic heterocycles. The van der Waals surface area contributed by atoms with E-state index in [0.29, 0.717) is 5.92 Å². The van der Waals surface area contributed by atoms with E-state index >= 15 is 0 Å². The third kappa shape index (κ3) is 3.67. The van der Waals surface area contributed by atoms with E-state index in [1.807, 2.05) is 33.0 Å². The molecule has 2 aromatic rings. The Balaban J connectivity index is 1.92. The van der Waals surface area contributed by atoms with Gasteiger partial charge in [-0.15, -0.1) is 0 Å². The fourth-order valence-electron chi connectivity index (χ4n) is 2.31. The molecule has 5 heteroatoms. The molecule has 2 N–H and O–H groups in total. The summed E-state index contributed by atoms with van der Waals surface area (Å²) in [6.07, 6.45) is 0. The molecule has 118 valence electrons. The van der Waals surface area contributed by atoms with Crippen LogP contribution in [0, 0.1) is 13.8 Å². The molecule has 1 heterocycles. The summed E-state index contributed by atoms with van der Waals surface area (Å²) >= 11 is 0. The van der Waals surface area contributed by atoms with E-state index in [2.05, 4.69) is 41.7 Å². The molecular weight excluding hydrogens is 276 g/mol. The molecule has 0 bridgehead atoms. The van der Waals surface area contributed by atoms with Crippen LogP contribution in [0.3, 0.4) is 0 Å². The SMILES string of the molecule is Cc1nn(C)c(C)c1NC(=O)CNc1ccc(C(C)C)cc1. The molecule has 0 saturated carbocycles. The average molecular weight is 300 g/mol. The second-order valence-corrected chi connectivity index (χ2v) is 5.85. The maximum absolute atomic E-state index is 12.1. The van der Waals surface area contributed by atoms with Gasteiger partial charge < -0.3 is 10.6 Å². The Hall–Kier alpha value is -2.30. The van der Waals surface area contributed by atoms with Gasteiger partial charge in [0.2, 0.25) is 5.91 Å². The normalized spacial score (nSPS) is 10.8. The zero-order chi connectivity index (χ0) is 16.3. The van der Waals surface area contributed by atoms with E-state index in [-0.39, 0.29) is 12.5 Å². The zero-order valence-electron chi connectivity index (χ0n) is 13.9. The van der Waals surface area contributed by atoms with Crippen molar-refractivity contribution in [1.29, 1.82) is 0 Å². The molecule has 0 spiro atoms. The summed E-state index contributed by atoms with van der Waals surface area (Å²) in [6.45, 7) is 8.38. The van der Waals surface area contributed by atoms with Gasteiger partial charge >= 0.3 is 0 Å². The standard InChI is InChI=1S/C17H24N4O/c1-11(2)14-6-8-15(9-7-14)18-10-16(22)19-17-12(3)20-21(5)13(17)4/h6-9,11,18H,10H2,1-5H3,(H,19,22). The molecule has 0 unspecified atom stereocenters. The van der Waals surface area contributed by atoms with Crippen LogP contribution in [-0.4, -0.2) is 22.2 Å². The molecule has 0 radical (unpaired) electrons. The smallest absolute Gasteiger partial charge is 0.243 e. The van der Waals surface area contributed by atoms with E-state index in [9.17, 15) is 4.79 Å². The number of carbonyl (C=O) groups excluding carboxylic acids is 1. The van der Waals surface area contributed by atoms with Crippen molar-refractivity contribution >= 4 is 17.3 Å². The highest BCUT2D eigenvalue weighted by Gasteiger charge is 2.12. The number of rotatable bonds is 5. The molecule has 0 atom stereocenters. The van der Waals surface area contributed by atoms with Crippen molar-refractivity contribution in [2.45, 2.75) is 33.6 Å². The van der Waals surface area contributed by atoms with Crippen LogP contribution in [0.4, 0.5) is 11.4 Å². The number of hydrogen-bond acceptors (Lipinski definition) is 3. The van der Waals surface area contributed by atoms with Crippen LogP contribution in [0.5, 0.6) is 0 Å². The van der Waals surface area contributed by atoms with Crippen molar-refractivity contribution in [1.82, 2.24) is 9.78 Å². The molecule has 5 nitrogen and oxygen atoms in total. The van der Waals surface area contributed by atoms with Crippen LogP contribution in [0.1, 0.15) is 36.7 Å². The van der Waals surface area contributed by atoms with Crippen molar-refractivity contribution < 1.29 is 4.79 Å². The maximum Gasteiger partial charge on any atom is 0.243 e. The number of hydrogen-bond donors (Lipinski definition) is 2. The fraction of sp³-hybridized carbons (Fsp3) is 0.412. The summed E-state index contributed by atoms with van der Waals surface area (Å²) in [7, 11) is 1.87. The van der Waals surface area contributed by atoms with E-state index < -0.39 is 0 Å². The molecule has 1 aromatic heterocycles. The van der Waals surface area contributed by atoms with Crippen LogP contribution >= 0.6 is 0 Å². The van der Waals surface area contributed by atoms with E-state index in [1.165, 1.54) is 5.56 Å². The van der Waals surface area contributed by atoms with Gasteiger partial charge in [0.05, 0.1) is 23.6 Å². The predicted molar refractivity (Wildman–Crippen MR) is 90.3 cm³/mol. The van der Waals surface area contributed by atoms with Gasteiger partial charge in [-0.1, -0.05) is 26.0 Å². The van der Waals surface area contributed by atoms with Gasteiger partial charge in [0, 0.05) is 12.7 Å². The van der Waals surface area contributed by atoms with Gasteiger partial charge in [0.1, 0.15) is 0 Å². The van der Waals surface area contributed by atoms with E-state index in [0.717, 1.165) is 22.8 Å². The number of carbonyl (C=O) groups is 1. The minimum atomic E-state index is -0.0767. The highest BCUT2D eigenvalue weighted by molar-refractivity contribution is 5.94.